The Hall–Kier alpha value is -2.36. The van der Waals surface area contributed by atoms with Gasteiger partial charge >= 0.3 is 6.09 Å². The van der Waals surface area contributed by atoms with E-state index in [4.69, 9.17) is 10.5 Å². The number of carbonyl (C=O) groups is 1. The van der Waals surface area contributed by atoms with Crippen LogP contribution < -0.4 is 5.73 Å². The highest BCUT2D eigenvalue weighted by atomic mass is 19.1. The van der Waals surface area contributed by atoms with E-state index in [-0.39, 0.29) is 11.9 Å². The molecule has 2 N–H and O–H groups in total. The molecular weight excluding hydrogens is 257 g/mol. The van der Waals surface area contributed by atoms with Crippen LogP contribution in [0, 0.1) is 5.82 Å². The number of halogens is 1. The van der Waals surface area contributed by atoms with Crippen molar-refractivity contribution in [2.24, 2.45) is 5.73 Å². The second-order valence-electron chi connectivity index (χ2n) is 4.88. The number of rotatable bonds is 2. The fraction of sp³-hybridized carbons (Fsp3) is 0.188. The van der Waals surface area contributed by atoms with Crippen molar-refractivity contribution >= 4 is 6.09 Å². The maximum absolute atomic E-state index is 13.0. The van der Waals surface area contributed by atoms with Crippen LogP contribution in [0.3, 0.4) is 0 Å². The first-order chi connectivity index (χ1) is 9.63. The number of primary amides is 1. The Labute approximate surface area is 116 Å². The van der Waals surface area contributed by atoms with Crippen LogP contribution in [0.5, 0.6) is 0 Å². The zero-order valence-corrected chi connectivity index (χ0v) is 10.8. The van der Waals surface area contributed by atoms with E-state index in [0.717, 1.165) is 29.5 Å². The Kier molecular flexibility index (Phi) is 3.14. The lowest BCUT2D eigenvalue weighted by Crippen LogP contribution is -2.15. The number of aryl methyl sites for hydroxylation is 1. The molecular formula is C16H14FNO2. The summed E-state index contributed by atoms with van der Waals surface area (Å²) in [6.07, 6.45) is 0.597. The van der Waals surface area contributed by atoms with E-state index < -0.39 is 6.09 Å². The fourth-order valence-corrected chi connectivity index (χ4v) is 2.65. The lowest BCUT2D eigenvalue weighted by Gasteiger charge is -2.12. The van der Waals surface area contributed by atoms with Crippen molar-refractivity contribution in [1.29, 1.82) is 0 Å². The van der Waals surface area contributed by atoms with Crippen molar-refractivity contribution in [3.63, 3.8) is 0 Å². The van der Waals surface area contributed by atoms with Crippen LogP contribution in [0.2, 0.25) is 0 Å². The Morgan fingerprint density at radius 3 is 2.55 bits per heavy atom. The summed E-state index contributed by atoms with van der Waals surface area (Å²) in [5.41, 5.74) is 9.16. The fourth-order valence-electron chi connectivity index (χ4n) is 2.65. The molecule has 1 aliphatic rings. The van der Waals surface area contributed by atoms with Gasteiger partial charge in [-0.25, -0.2) is 9.18 Å². The quantitative estimate of drug-likeness (QED) is 0.907. The zero-order chi connectivity index (χ0) is 14.1. The highest BCUT2D eigenvalue weighted by molar-refractivity contribution is 5.67. The maximum Gasteiger partial charge on any atom is 0.405 e. The number of amides is 1. The Morgan fingerprint density at radius 1 is 1.15 bits per heavy atom. The smallest absolute Gasteiger partial charge is 0.405 e. The number of fused-ring (bicyclic) bond motifs is 1. The minimum Gasteiger partial charge on any atom is -0.441 e. The summed E-state index contributed by atoms with van der Waals surface area (Å²) >= 11 is 0. The molecule has 2 aromatic carbocycles. The van der Waals surface area contributed by atoms with E-state index in [1.807, 2.05) is 18.2 Å². The van der Waals surface area contributed by atoms with Gasteiger partial charge in [0.25, 0.3) is 0 Å². The first-order valence-electron chi connectivity index (χ1n) is 6.48. The van der Waals surface area contributed by atoms with Crippen molar-refractivity contribution < 1.29 is 13.9 Å². The number of carbonyl (C=O) groups excluding carboxylic acids is 1. The van der Waals surface area contributed by atoms with Crippen molar-refractivity contribution in [2.75, 3.05) is 0 Å². The lowest BCUT2D eigenvalue weighted by molar-refractivity contribution is 0.107. The topological polar surface area (TPSA) is 52.3 Å². The van der Waals surface area contributed by atoms with Gasteiger partial charge in [-0.1, -0.05) is 24.3 Å². The third kappa shape index (κ3) is 2.37. The standard InChI is InChI=1S/C16H14FNO2/c17-13-6-3-10(4-7-13)12-2-1-11-5-8-15(14(11)9-12)20-16(18)19/h1-4,6-7,9,15H,5,8H2,(H2,18,19). The van der Waals surface area contributed by atoms with Crippen molar-refractivity contribution in [1.82, 2.24) is 0 Å². The molecule has 0 fully saturated rings. The molecule has 20 heavy (non-hydrogen) atoms. The van der Waals surface area contributed by atoms with Crippen LogP contribution in [-0.4, -0.2) is 6.09 Å². The average Bonchev–Trinajstić information content (AvgIpc) is 2.81. The lowest BCUT2D eigenvalue weighted by atomic mass is 10.00. The average molecular weight is 271 g/mol. The third-order valence-corrected chi connectivity index (χ3v) is 3.60. The summed E-state index contributed by atoms with van der Waals surface area (Å²) in [6.45, 7) is 0. The number of ether oxygens (including phenoxy) is 1. The first-order valence-corrected chi connectivity index (χ1v) is 6.48. The van der Waals surface area contributed by atoms with Gasteiger partial charge in [-0.2, -0.15) is 0 Å². The summed E-state index contributed by atoms with van der Waals surface area (Å²) in [6, 6.07) is 12.3. The molecule has 1 atom stereocenters. The van der Waals surface area contributed by atoms with Gasteiger partial charge in [0.05, 0.1) is 0 Å². The molecule has 4 heteroatoms. The first kappa shape index (κ1) is 12.7. The van der Waals surface area contributed by atoms with E-state index in [0.29, 0.717) is 0 Å². The van der Waals surface area contributed by atoms with E-state index in [9.17, 15) is 9.18 Å². The summed E-state index contributed by atoms with van der Waals surface area (Å²) in [4.78, 5) is 10.9. The molecule has 0 bridgehead atoms. The Balaban J connectivity index is 1.96. The van der Waals surface area contributed by atoms with Crippen molar-refractivity contribution in [2.45, 2.75) is 18.9 Å². The minimum atomic E-state index is -0.755. The van der Waals surface area contributed by atoms with Crippen molar-refractivity contribution in [3.05, 3.63) is 59.4 Å². The van der Waals surface area contributed by atoms with Gasteiger partial charge in [0.15, 0.2) is 0 Å². The molecule has 102 valence electrons. The van der Waals surface area contributed by atoms with Crippen LogP contribution in [0.1, 0.15) is 23.7 Å². The summed E-state index contributed by atoms with van der Waals surface area (Å²) < 4.78 is 18.1. The molecule has 3 nitrogen and oxygen atoms in total. The number of hydrogen-bond acceptors (Lipinski definition) is 2. The maximum atomic E-state index is 13.0. The van der Waals surface area contributed by atoms with Crippen LogP contribution in [0.25, 0.3) is 11.1 Å². The molecule has 0 heterocycles. The summed E-state index contributed by atoms with van der Waals surface area (Å²) in [5, 5.41) is 0. The van der Waals surface area contributed by atoms with Gasteiger partial charge < -0.3 is 10.5 Å². The van der Waals surface area contributed by atoms with E-state index in [1.165, 1.54) is 17.7 Å². The number of benzene rings is 2. The predicted molar refractivity (Wildman–Crippen MR) is 73.6 cm³/mol. The molecule has 3 rings (SSSR count). The number of hydrogen-bond donors (Lipinski definition) is 1. The van der Waals surface area contributed by atoms with Gasteiger partial charge in [-0.05, 0) is 53.3 Å². The van der Waals surface area contributed by atoms with Gasteiger partial charge in [0, 0.05) is 0 Å². The highest BCUT2D eigenvalue weighted by Gasteiger charge is 2.25. The molecule has 0 aliphatic heterocycles. The van der Waals surface area contributed by atoms with E-state index in [2.05, 4.69) is 0 Å². The molecule has 1 amide bonds. The monoisotopic (exact) mass is 271 g/mol. The molecule has 1 aliphatic carbocycles. The Morgan fingerprint density at radius 2 is 1.85 bits per heavy atom. The largest absolute Gasteiger partial charge is 0.441 e. The van der Waals surface area contributed by atoms with Gasteiger partial charge in [0.1, 0.15) is 11.9 Å². The van der Waals surface area contributed by atoms with Crippen molar-refractivity contribution in [3.8, 4) is 11.1 Å². The normalized spacial score (nSPS) is 16.8. The van der Waals surface area contributed by atoms with Crippen LogP contribution >= 0.6 is 0 Å². The van der Waals surface area contributed by atoms with Gasteiger partial charge in [-0.15, -0.1) is 0 Å². The van der Waals surface area contributed by atoms with Crippen LogP contribution in [0.15, 0.2) is 42.5 Å². The molecule has 0 spiro atoms. The molecule has 0 aromatic heterocycles. The molecule has 1 unspecified atom stereocenters. The second kappa shape index (κ2) is 4.96. The van der Waals surface area contributed by atoms with Gasteiger partial charge in [-0.3, -0.25) is 0 Å². The van der Waals surface area contributed by atoms with Gasteiger partial charge in [0.2, 0.25) is 0 Å². The second-order valence-corrected chi connectivity index (χ2v) is 4.88. The predicted octanol–water partition coefficient (Wildman–Crippen LogP) is 3.58. The SMILES string of the molecule is NC(=O)OC1CCc2ccc(-c3ccc(F)cc3)cc21. The highest BCUT2D eigenvalue weighted by Crippen LogP contribution is 2.36. The molecule has 0 saturated heterocycles. The minimum absolute atomic E-state index is 0.259. The molecule has 2 aromatic rings. The third-order valence-electron chi connectivity index (χ3n) is 3.60. The molecule has 0 saturated carbocycles. The van der Waals surface area contributed by atoms with E-state index in [1.54, 1.807) is 12.1 Å². The molecule has 0 radical (unpaired) electrons. The Bertz CT molecular complexity index is 652. The number of nitrogens with two attached hydrogens (primary N) is 1. The van der Waals surface area contributed by atoms with Crippen LogP contribution in [-0.2, 0) is 11.2 Å². The zero-order valence-electron chi connectivity index (χ0n) is 10.8. The summed E-state index contributed by atoms with van der Waals surface area (Å²) in [5.74, 6) is -0.259. The summed E-state index contributed by atoms with van der Waals surface area (Å²) in [7, 11) is 0. The van der Waals surface area contributed by atoms with E-state index >= 15 is 0 Å². The van der Waals surface area contributed by atoms with Crippen LogP contribution in [0.4, 0.5) is 9.18 Å².